The quantitative estimate of drug-likeness (QED) is 0.548. The molecule has 25 heavy (non-hydrogen) atoms. The maximum Gasteiger partial charge on any atom is 0.268 e. The van der Waals surface area contributed by atoms with E-state index in [0.29, 0.717) is 10.9 Å². The first-order valence-electron chi connectivity index (χ1n) is 8.20. The van der Waals surface area contributed by atoms with Crippen LogP contribution in [-0.4, -0.2) is 9.13 Å². The van der Waals surface area contributed by atoms with Crippen LogP contribution in [0, 0.1) is 0 Å². The van der Waals surface area contributed by atoms with Crippen LogP contribution in [0.2, 0.25) is 0 Å². The summed E-state index contributed by atoms with van der Waals surface area (Å²) in [5.41, 5.74) is 2.81. The van der Waals surface area contributed by atoms with Crippen LogP contribution in [-0.2, 0) is 7.05 Å². The highest BCUT2D eigenvalue weighted by Crippen LogP contribution is 2.24. The van der Waals surface area contributed by atoms with Gasteiger partial charge in [-0.25, -0.2) is 0 Å². The molecule has 3 heterocycles. The van der Waals surface area contributed by atoms with Crippen LogP contribution >= 0.6 is 11.3 Å². The normalized spacial score (nSPS) is 11.7. The fraction of sp³-hybridized carbons (Fsp3) is 0.200. The Morgan fingerprint density at radius 2 is 1.72 bits per heavy atom. The fourth-order valence-corrected chi connectivity index (χ4v) is 4.19. The van der Waals surface area contributed by atoms with Gasteiger partial charge >= 0.3 is 0 Å². The third-order valence-electron chi connectivity index (χ3n) is 4.66. The molecule has 0 N–H and O–H groups in total. The van der Waals surface area contributed by atoms with Crippen molar-refractivity contribution >= 4 is 33.1 Å². The van der Waals surface area contributed by atoms with Gasteiger partial charge in [0.1, 0.15) is 5.39 Å². The van der Waals surface area contributed by atoms with Gasteiger partial charge in [0.25, 0.3) is 5.56 Å². The van der Waals surface area contributed by atoms with Gasteiger partial charge in [-0.05, 0) is 24.1 Å². The molecule has 0 aliphatic rings. The first-order chi connectivity index (χ1) is 12.0. The molecular weight excluding hydrogens is 332 g/mol. The molecule has 0 saturated heterocycles. The number of nitrogens with zero attached hydrogens (tertiary/aromatic N) is 2. The lowest BCUT2D eigenvalue weighted by Gasteiger charge is -2.18. The van der Waals surface area contributed by atoms with E-state index in [1.165, 1.54) is 11.3 Å². The number of para-hydroxylation sites is 1. The van der Waals surface area contributed by atoms with Gasteiger partial charge < -0.3 is 4.57 Å². The highest BCUT2D eigenvalue weighted by molar-refractivity contribution is 7.09. The van der Waals surface area contributed by atoms with E-state index in [0.717, 1.165) is 16.9 Å². The molecule has 4 rings (SSSR count). The monoisotopic (exact) mass is 350 g/mol. The number of hydrogen-bond donors (Lipinski definition) is 0. The molecule has 0 saturated carbocycles. The summed E-state index contributed by atoms with van der Waals surface area (Å²) >= 11 is 1.48. The van der Waals surface area contributed by atoms with E-state index in [2.05, 4.69) is 13.8 Å². The van der Waals surface area contributed by atoms with Crippen LogP contribution in [0.15, 0.2) is 56.7 Å². The van der Waals surface area contributed by atoms with Crippen molar-refractivity contribution in [2.24, 2.45) is 7.05 Å². The summed E-state index contributed by atoms with van der Waals surface area (Å²) in [7, 11) is 1.91. The second kappa shape index (κ2) is 5.70. The smallest absolute Gasteiger partial charge is 0.268 e. The molecular formula is C20H18N2O2S. The Bertz CT molecular complexity index is 1210. The number of thiophene rings is 1. The van der Waals surface area contributed by atoms with Gasteiger partial charge in [0, 0.05) is 29.2 Å². The van der Waals surface area contributed by atoms with Gasteiger partial charge in [-0.2, -0.15) is 0 Å². The highest BCUT2D eigenvalue weighted by Gasteiger charge is 2.19. The molecule has 3 aromatic heterocycles. The van der Waals surface area contributed by atoms with Crippen molar-refractivity contribution in [3.05, 3.63) is 73.4 Å². The summed E-state index contributed by atoms with van der Waals surface area (Å²) in [4.78, 5) is 26.3. The number of hydrogen-bond acceptors (Lipinski definition) is 3. The molecule has 0 amide bonds. The molecule has 0 unspecified atom stereocenters. The van der Waals surface area contributed by atoms with Crippen molar-refractivity contribution in [2.75, 3.05) is 0 Å². The third kappa shape index (κ3) is 2.27. The van der Waals surface area contributed by atoms with Gasteiger partial charge in [0.15, 0.2) is 0 Å². The zero-order valence-corrected chi connectivity index (χ0v) is 15.1. The first-order valence-corrected chi connectivity index (χ1v) is 9.15. The summed E-state index contributed by atoms with van der Waals surface area (Å²) in [5.74, 6) is 0.144. The molecule has 0 aliphatic carbocycles. The van der Waals surface area contributed by atoms with Crippen LogP contribution < -0.4 is 11.0 Å². The Balaban J connectivity index is 2.27. The number of fused-ring (bicyclic) bond motifs is 2. The second-order valence-electron chi connectivity index (χ2n) is 6.52. The van der Waals surface area contributed by atoms with Crippen molar-refractivity contribution in [1.29, 1.82) is 0 Å². The van der Waals surface area contributed by atoms with E-state index in [1.54, 1.807) is 4.57 Å². The molecule has 4 aromatic rings. The lowest BCUT2D eigenvalue weighted by Crippen LogP contribution is -2.28. The van der Waals surface area contributed by atoms with Crippen molar-refractivity contribution in [2.45, 2.75) is 19.8 Å². The molecule has 0 aliphatic heterocycles. The van der Waals surface area contributed by atoms with E-state index in [1.807, 2.05) is 58.8 Å². The Morgan fingerprint density at radius 1 is 1.00 bits per heavy atom. The molecule has 0 radical (unpaired) electrons. The number of rotatable bonds is 2. The zero-order valence-electron chi connectivity index (χ0n) is 14.3. The van der Waals surface area contributed by atoms with Gasteiger partial charge in [-0.3, -0.25) is 14.2 Å². The molecule has 0 bridgehead atoms. The van der Waals surface area contributed by atoms with Crippen LogP contribution in [0.1, 0.15) is 25.5 Å². The van der Waals surface area contributed by atoms with Crippen LogP contribution in [0.4, 0.5) is 0 Å². The molecule has 0 fully saturated rings. The Labute approximate surface area is 148 Å². The van der Waals surface area contributed by atoms with E-state index in [4.69, 9.17) is 0 Å². The Morgan fingerprint density at radius 3 is 2.40 bits per heavy atom. The lowest BCUT2D eigenvalue weighted by molar-refractivity contribution is 0.762. The largest absolute Gasteiger partial charge is 0.343 e. The summed E-state index contributed by atoms with van der Waals surface area (Å²) in [6.07, 6.45) is 0. The van der Waals surface area contributed by atoms with E-state index >= 15 is 0 Å². The summed E-state index contributed by atoms with van der Waals surface area (Å²) in [5, 5.41) is 4.63. The molecule has 126 valence electrons. The van der Waals surface area contributed by atoms with E-state index in [9.17, 15) is 9.59 Å². The average Bonchev–Trinajstić information content (AvgIpc) is 3.10. The highest BCUT2D eigenvalue weighted by atomic mass is 32.1. The summed E-state index contributed by atoms with van der Waals surface area (Å²) < 4.78 is 3.62. The minimum Gasteiger partial charge on any atom is -0.343 e. The van der Waals surface area contributed by atoms with Crippen molar-refractivity contribution in [1.82, 2.24) is 9.13 Å². The lowest BCUT2D eigenvalue weighted by atomic mass is 10.1. The molecule has 1 aromatic carbocycles. The number of aromatic nitrogens is 2. The average molecular weight is 350 g/mol. The maximum atomic E-state index is 13.3. The molecule has 4 nitrogen and oxygen atoms in total. The summed E-state index contributed by atoms with van der Waals surface area (Å²) in [6.45, 7) is 4.11. The van der Waals surface area contributed by atoms with Crippen LogP contribution in [0.3, 0.4) is 0 Å². The second-order valence-corrected chi connectivity index (χ2v) is 7.26. The predicted molar refractivity (Wildman–Crippen MR) is 104 cm³/mol. The van der Waals surface area contributed by atoms with Gasteiger partial charge in [-0.1, -0.05) is 32.0 Å². The Kier molecular flexibility index (Phi) is 3.62. The molecule has 5 heteroatoms. The first kappa shape index (κ1) is 15.8. The third-order valence-corrected chi connectivity index (χ3v) is 5.39. The van der Waals surface area contributed by atoms with E-state index in [-0.39, 0.29) is 22.3 Å². The number of aryl methyl sites for hydroxylation is 1. The maximum absolute atomic E-state index is 13.3. The van der Waals surface area contributed by atoms with Crippen LogP contribution in [0.5, 0.6) is 0 Å². The number of pyridine rings is 2. The van der Waals surface area contributed by atoms with Crippen LogP contribution in [0.25, 0.3) is 27.5 Å². The minimum atomic E-state index is -0.249. The minimum absolute atomic E-state index is 0.144. The predicted octanol–water partition coefficient (Wildman–Crippen LogP) is 4.03. The molecule has 0 atom stereocenters. The van der Waals surface area contributed by atoms with Gasteiger partial charge in [0.05, 0.1) is 16.4 Å². The van der Waals surface area contributed by atoms with Gasteiger partial charge in [-0.15, -0.1) is 11.3 Å². The SMILES string of the molecule is CC(C)c1cc2c(c(=O)c3cscc3n2C)c(=O)n1-c1ccccc1. The van der Waals surface area contributed by atoms with Crippen molar-refractivity contribution in [3.8, 4) is 5.69 Å². The molecule has 0 spiro atoms. The van der Waals surface area contributed by atoms with Crippen molar-refractivity contribution in [3.63, 3.8) is 0 Å². The fourth-order valence-electron chi connectivity index (χ4n) is 3.35. The zero-order chi connectivity index (χ0) is 17.7. The van der Waals surface area contributed by atoms with Gasteiger partial charge in [0.2, 0.25) is 5.43 Å². The topological polar surface area (TPSA) is 44.0 Å². The van der Waals surface area contributed by atoms with Crippen molar-refractivity contribution < 1.29 is 0 Å². The number of benzene rings is 1. The Hall–Kier alpha value is -2.66. The van der Waals surface area contributed by atoms with E-state index < -0.39 is 0 Å². The summed E-state index contributed by atoms with van der Waals surface area (Å²) in [6, 6.07) is 11.5. The standard InChI is InChI=1S/C20H18N2O2S/c1-12(2)15-9-16-18(19(23)14-10-25-11-17(14)21(16)3)20(24)22(15)13-7-5-4-6-8-13/h4-12H,1-3H3.